The number of amides is 2. The molecule has 5 rings (SSSR count). The zero-order valence-electron chi connectivity index (χ0n) is 25.1. The second-order valence-electron chi connectivity index (χ2n) is 12.1. The number of carbonyl (C=O) groups is 2. The van der Waals surface area contributed by atoms with E-state index >= 15 is 0 Å². The summed E-state index contributed by atoms with van der Waals surface area (Å²) in [6.07, 6.45) is 10.1. The predicted molar refractivity (Wildman–Crippen MR) is 161 cm³/mol. The van der Waals surface area contributed by atoms with Crippen molar-refractivity contribution in [2.45, 2.75) is 85.4 Å². The van der Waals surface area contributed by atoms with Crippen LogP contribution in [0.5, 0.6) is 0 Å². The highest BCUT2D eigenvalue weighted by molar-refractivity contribution is 5.97. The lowest BCUT2D eigenvalue weighted by molar-refractivity contribution is -0.123. The van der Waals surface area contributed by atoms with Crippen LogP contribution in [0.1, 0.15) is 85.4 Å². The minimum atomic E-state index is -0.131. The van der Waals surface area contributed by atoms with E-state index in [4.69, 9.17) is 4.42 Å². The SMILES string of the molecule is Cc1cnn(Cc2ccc(C(=O)N3CCN(C(C)C)CCCN(C(=O)C4CCCCC4)c4c(C)cccc4C3)o2)c1. The van der Waals surface area contributed by atoms with Gasteiger partial charge in [0.25, 0.3) is 5.91 Å². The Bertz CT molecular complexity index is 1340. The van der Waals surface area contributed by atoms with Crippen LogP contribution in [-0.4, -0.2) is 63.6 Å². The molecule has 1 aromatic carbocycles. The van der Waals surface area contributed by atoms with Crippen LogP contribution in [0.3, 0.4) is 0 Å². The number of fused-ring (bicyclic) bond motifs is 1. The van der Waals surface area contributed by atoms with Gasteiger partial charge in [0.2, 0.25) is 5.91 Å². The second kappa shape index (κ2) is 13.1. The molecule has 0 radical (unpaired) electrons. The van der Waals surface area contributed by atoms with Crippen LogP contribution in [0.15, 0.2) is 47.1 Å². The molecule has 1 saturated carbocycles. The largest absolute Gasteiger partial charge is 0.454 e. The molecule has 2 aliphatic rings. The van der Waals surface area contributed by atoms with Crippen molar-refractivity contribution in [3.63, 3.8) is 0 Å². The molecule has 2 aromatic heterocycles. The van der Waals surface area contributed by atoms with Crippen molar-refractivity contribution in [2.75, 3.05) is 31.1 Å². The molecule has 2 amide bonds. The monoisotopic (exact) mass is 559 g/mol. The van der Waals surface area contributed by atoms with Crippen LogP contribution in [0, 0.1) is 19.8 Å². The molecule has 0 atom stereocenters. The molecule has 3 aromatic rings. The molecular formula is C33H45N5O3. The van der Waals surface area contributed by atoms with Gasteiger partial charge in [0.1, 0.15) is 5.76 Å². The van der Waals surface area contributed by atoms with Gasteiger partial charge in [-0.2, -0.15) is 5.10 Å². The maximum Gasteiger partial charge on any atom is 0.289 e. The maximum absolute atomic E-state index is 14.0. The first-order chi connectivity index (χ1) is 19.8. The average Bonchev–Trinajstić information content (AvgIpc) is 3.59. The third-order valence-corrected chi connectivity index (χ3v) is 8.63. The Morgan fingerprint density at radius 1 is 0.976 bits per heavy atom. The molecule has 0 saturated heterocycles. The van der Waals surface area contributed by atoms with Gasteiger partial charge in [0.15, 0.2) is 5.76 Å². The lowest BCUT2D eigenvalue weighted by Crippen LogP contribution is -2.41. The lowest BCUT2D eigenvalue weighted by Gasteiger charge is -2.33. The van der Waals surface area contributed by atoms with Crippen molar-refractivity contribution in [3.8, 4) is 0 Å². The smallest absolute Gasteiger partial charge is 0.289 e. The number of rotatable bonds is 5. The summed E-state index contributed by atoms with van der Waals surface area (Å²) in [5, 5.41) is 4.34. The van der Waals surface area contributed by atoms with E-state index in [1.165, 1.54) is 6.42 Å². The fraction of sp³-hybridized carbons (Fsp3) is 0.545. The number of aryl methyl sites for hydroxylation is 2. The van der Waals surface area contributed by atoms with E-state index in [0.29, 0.717) is 43.7 Å². The van der Waals surface area contributed by atoms with Crippen molar-refractivity contribution in [3.05, 3.63) is 70.9 Å². The van der Waals surface area contributed by atoms with E-state index in [1.807, 2.05) is 41.0 Å². The third kappa shape index (κ3) is 6.92. The summed E-state index contributed by atoms with van der Waals surface area (Å²) in [6, 6.07) is 10.2. The standard InChI is InChI=1S/C33H45N5O3/c1-24(2)35-16-9-17-38(32(39)27-11-6-5-7-12-27)31-26(4)10-8-13-28(31)22-36(19-18-35)33(40)30-15-14-29(41-30)23-37-21-25(3)20-34-37/h8,10,13-15,20-21,24,27H,5-7,9,11-12,16-19,22-23H2,1-4H3. The van der Waals surface area contributed by atoms with E-state index in [0.717, 1.165) is 67.6 Å². The van der Waals surface area contributed by atoms with Crippen molar-refractivity contribution in [1.82, 2.24) is 19.6 Å². The summed E-state index contributed by atoms with van der Waals surface area (Å²) in [6.45, 7) is 12.3. The Hall–Kier alpha value is -3.39. The van der Waals surface area contributed by atoms with Gasteiger partial charge < -0.3 is 14.2 Å². The summed E-state index contributed by atoms with van der Waals surface area (Å²) < 4.78 is 7.87. The minimum absolute atomic E-state index is 0.0837. The first kappa shape index (κ1) is 29.1. The van der Waals surface area contributed by atoms with Gasteiger partial charge in [-0.3, -0.25) is 19.2 Å². The van der Waals surface area contributed by atoms with E-state index < -0.39 is 0 Å². The van der Waals surface area contributed by atoms with Crippen LogP contribution in [-0.2, 0) is 17.9 Å². The van der Waals surface area contributed by atoms with Crippen LogP contribution in [0.2, 0.25) is 0 Å². The van der Waals surface area contributed by atoms with Gasteiger partial charge >= 0.3 is 0 Å². The molecule has 1 aliphatic carbocycles. The summed E-state index contributed by atoms with van der Waals surface area (Å²) in [5.74, 6) is 1.23. The first-order valence-corrected chi connectivity index (χ1v) is 15.3. The van der Waals surface area contributed by atoms with Crippen LogP contribution < -0.4 is 4.90 Å². The number of anilines is 1. The van der Waals surface area contributed by atoms with Gasteiger partial charge in [0.05, 0.1) is 18.4 Å². The Morgan fingerprint density at radius 3 is 2.51 bits per heavy atom. The molecule has 8 nitrogen and oxygen atoms in total. The summed E-state index contributed by atoms with van der Waals surface area (Å²) in [7, 11) is 0. The van der Waals surface area contributed by atoms with Gasteiger partial charge in [-0.1, -0.05) is 37.5 Å². The fourth-order valence-electron chi connectivity index (χ4n) is 6.35. The number of hydrogen-bond acceptors (Lipinski definition) is 5. The second-order valence-corrected chi connectivity index (χ2v) is 12.1. The minimum Gasteiger partial charge on any atom is -0.454 e. The van der Waals surface area contributed by atoms with E-state index in [1.54, 1.807) is 6.07 Å². The van der Waals surface area contributed by atoms with Gasteiger partial charge in [0, 0.05) is 50.9 Å². The maximum atomic E-state index is 14.0. The number of para-hydroxylation sites is 1. The predicted octanol–water partition coefficient (Wildman–Crippen LogP) is 5.81. The number of aromatic nitrogens is 2. The molecule has 3 heterocycles. The highest BCUT2D eigenvalue weighted by Gasteiger charge is 2.31. The molecule has 41 heavy (non-hydrogen) atoms. The highest BCUT2D eigenvalue weighted by atomic mass is 16.4. The Kier molecular flexibility index (Phi) is 9.28. The molecule has 0 unspecified atom stereocenters. The lowest BCUT2D eigenvalue weighted by atomic mass is 9.87. The Morgan fingerprint density at radius 2 is 1.78 bits per heavy atom. The molecule has 1 aliphatic heterocycles. The van der Waals surface area contributed by atoms with E-state index in [-0.39, 0.29) is 17.7 Å². The highest BCUT2D eigenvalue weighted by Crippen LogP contribution is 2.33. The Labute approximate surface area is 244 Å². The molecule has 8 heteroatoms. The molecule has 0 bridgehead atoms. The summed E-state index contributed by atoms with van der Waals surface area (Å²) >= 11 is 0. The van der Waals surface area contributed by atoms with Crippen molar-refractivity contribution in [1.29, 1.82) is 0 Å². The zero-order chi connectivity index (χ0) is 28.9. The van der Waals surface area contributed by atoms with Crippen LogP contribution in [0.4, 0.5) is 5.69 Å². The van der Waals surface area contributed by atoms with Gasteiger partial charge in [-0.15, -0.1) is 0 Å². The van der Waals surface area contributed by atoms with Gasteiger partial charge in [-0.05, 0) is 75.8 Å². The number of benzene rings is 1. The molecule has 0 N–H and O–H groups in total. The van der Waals surface area contributed by atoms with Crippen molar-refractivity contribution < 1.29 is 14.0 Å². The summed E-state index contributed by atoms with van der Waals surface area (Å²) in [4.78, 5) is 34.4. The quantitative estimate of drug-likeness (QED) is 0.394. The van der Waals surface area contributed by atoms with Crippen LogP contribution in [0.25, 0.3) is 0 Å². The normalized spacial score (nSPS) is 17.9. The fourth-order valence-corrected chi connectivity index (χ4v) is 6.35. The number of furan rings is 1. The third-order valence-electron chi connectivity index (χ3n) is 8.63. The molecule has 220 valence electrons. The Balaban J connectivity index is 1.46. The topological polar surface area (TPSA) is 74.8 Å². The van der Waals surface area contributed by atoms with Gasteiger partial charge in [-0.25, -0.2) is 0 Å². The van der Waals surface area contributed by atoms with E-state index in [9.17, 15) is 9.59 Å². The zero-order valence-corrected chi connectivity index (χ0v) is 25.1. The number of carbonyl (C=O) groups excluding carboxylic acids is 2. The number of nitrogens with zero attached hydrogens (tertiary/aromatic N) is 5. The van der Waals surface area contributed by atoms with Crippen LogP contribution >= 0.6 is 0 Å². The number of hydrogen-bond donors (Lipinski definition) is 0. The molecule has 0 spiro atoms. The first-order valence-electron chi connectivity index (χ1n) is 15.3. The average molecular weight is 560 g/mol. The molecule has 1 fully saturated rings. The van der Waals surface area contributed by atoms with Crippen molar-refractivity contribution >= 4 is 17.5 Å². The van der Waals surface area contributed by atoms with E-state index in [2.05, 4.69) is 47.8 Å². The van der Waals surface area contributed by atoms with Crippen molar-refractivity contribution in [2.24, 2.45) is 5.92 Å². The summed E-state index contributed by atoms with van der Waals surface area (Å²) in [5.41, 5.74) is 4.15. The molecular weight excluding hydrogens is 514 g/mol.